The fourth-order valence-corrected chi connectivity index (χ4v) is 4.67. The summed E-state index contributed by atoms with van der Waals surface area (Å²) in [5, 5.41) is 0.752. The van der Waals surface area contributed by atoms with E-state index < -0.39 is 0 Å². The van der Waals surface area contributed by atoms with Crippen molar-refractivity contribution in [2.45, 2.75) is 20.8 Å². The number of piperazine rings is 1. The molecule has 0 N–H and O–H groups in total. The summed E-state index contributed by atoms with van der Waals surface area (Å²) in [6, 6.07) is 10.7. The predicted molar refractivity (Wildman–Crippen MR) is 125 cm³/mol. The number of carbonyl (C=O) groups excluding carboxylic acids is 2. The third kappa shape index (κ3) is 4.10. The van der Waals surface area contributed by atoms with Crippen molar-refractivity contribution in [3.05, 3.63) is 68.8 Å². The Balaban J connectivity index is 1.82. The Morgan fingerprint density at radius 2 is 1.48 bits per heavy atom. The molecule has 2 amide bonds. The van der Waals surface area contributed by atoms with Crippen molar-refractivity contribution in [1.82, 2.24) is 9.80 Å². The molecule has 31 heavy (non-hydrogen) atoms. The average Bonchev–Trinajstić information content (AvgIpc) is 2.99. The molecule has 0 aromatic heterocycles. The first-order chi connectivity index (χ1) is 14.8. The van der Waals surface area contributed by atoms with Crippen LogP contribution in [0.1, 0.15) is 23.6 Å². The summed E-state index contributed by atoms with van der Waals surface area (Å²) in [4.78, 5) is 32.8. The van der Waals surface area contributed by atoms with Gasteiger partial charge in [-0.15, -0.1) is 0 Å². The summed E-state index contributed by atoms with van der Waals surface area (Å²) < 4.78 is 0. The van der Waals surface area contributed by atoms with E-state index in [0.29, 0.717) is 40.1 Å². The molecule has 2 heterocycles. The molecular weight excluding hydrogens is 433 g/mol. The average molecular weight is 458 g/mol. The number of anilines is 1. The van der Waals surface area contributed by atoms with Crippen LogP contribution in [0.2, 0.25) is 10.0 Å². The van der Waals surface area contributed by atoms with E-state index in [1.165, 1.54) is 4.90 Å². The lowest BCUT2D eigenvalue weighted by molar-refractivity contribution is -0.120. The summed E-state index contributed by atoms with van der Waals surface area (Å²) in [6.07, 6.45) is 0. The molecule has 4 rings (SSSR count). The number of likely N-dealkylation sites (N-methyl/N-ethyl adjacent to an activating group) is 1. The zero-order valence-corrected chi connectivity index (χ0v) is 19.4. The first kappa shape index (κ1) is 21.9. The van der Waals surface area contributed by atoms with Gasteiger partial charge in [0.25, 0.3) is 11.8 Å². The summed E-state index contributed by atoms with van der Waals surface area (Å²) in [7, 11) is 0. The third-order valence-corrected chi connectivity index (χ3v) is 6.53. The number of hydrogen-bond donors (Lipinski definition) is 0. The van der Waals surface area contributed by atoms with Crippen LogP contribution in [0.25, 0.3) is 5.57 Å². The van der Waals surface area contributed by atoms with Crippen LogP contribution in [0.5, 0.6) is 0 Å². The van der Waals surface area contributed by atoms with Gasteiger partial charge in [0, 0.05) is 36.2 Å². The molecule has 2 aromatic carbocycles. The molecule has 0 spiro atoms. The molecule has 5 nitrogen and oxygen atoms in total. The van der Waals surface area contributed by atoms with Crippen LogP contribution in [-0.4, -0.2) is 54.3 Å². The van der Waals surface area contributed by atoms with Crippen molar-refractivity contribution in [2.75, 3.05) is 37.6 Å². The molecule has 0 aliphatic carbocycles. The molecule has 1 saturated heterocycles. The maximum atomic E-state index is 13.6. The first-order valence-electron chi connectivity index (χ1n) is 10.4. The molecule has 0 atom stereocenters. The maximum Gasteiger partial charge on any atom is 0.282 e. The van der Waals surface area contributed by atoms with Gasteiger partial charge in [0.2, 0.25) is 0 Å². The predicted octanol–water partition coefficient (Wildman–Crippen LogP) is 4.53. The van der Waals surface area contributed by atoms with Gasteiger partial charge in [-0.2, -0.15) is 0 Å². The zero-order chi connectivity index (χ0) is 22.3. The van der Waals surface area contributed by atoms with E-state index in [0.717, 1.165) is 36.3 Å². The minimum absolute atomic E-state index is 0.332. The second kappa shape index (κ2) is 8.65. The second-order valence-electron chi connectivity index (χ2n) is 8.02. The van der Waals surface area contributed by atoms with E-state index in [9.17, 15) is 9.59 Å². The lowest BCUT2D eigenvalue weighted by atomic mass is 9.99. The molecule has 0 radical (unpaired) electrons. The number of hydrogen-bond acceptors (Lipinski definition) is 4. The van der Waals surface area contributed by atoms with Gasteiger partial charge < -0.3 is 9.80 Å². The summed E-state index contributed by atoms with van der Waals surface area (Å²) in [5.41, 5.74) is 4.25. The van der Waals surface area contributed by atoms with E-state index in [1.807, 2.05) is 36.9 Å². The largest absolute Gasteiger partial charge is 0.364 e. The molecule has 2 aliphatic rings. The van der Waals surface area contributed by atoms with Gasteiger partial charge in [-0.1, -0.05) is 48.3 Å². The van der Waals surface area contributed by atoms with Crippen LogP contribution in [0.4, 0.5) is 5.69 Å². The Hall–Kier alpha value is -2.34. The summed E-state index contributed by atoms with van der Waals surface area (Å²) in [6.45, 7) is 10.2. The molecule has 2 aromatic rings. The highest BCUT2D eigenvalue weighted by atomic mass is 35.5. The fraction of sp³-hybridized carbons (Fsp3) is 0.333. The number of rotatable bonds is 4. The summed E-state index contributed by atoms with van der Waals surface area (Å²) in [5.74, 6) is -0.680. The molecule has 162 valence electrons. The lowest BCUT2D eigenvalue weighted by Gasteiger charge is -2.36. The molecule has 7 heteroatoms. The minimum atomic E-state index is -0.348. The van der Waals surface area contributed by atoms with Crippen molar-refractivity contribution < 1.29 is 9.59 Å². The molecule has 0 bridgehead atoms. The lowest BCUT2D eigenvalue weighted by Crippen LogP contribution is -2.47. The number of benzene rings is 2. The maximum absolute atomic E-state index is 13.6. The van der Waals surface area contributed by atoms with E-state index >= 15 is 0 Å². The van der Waals surface area contributed by atoms with Crippen LogP contribution in [0, 0.1) is 13.8 Å². The molecular formula is C24H25Cl2N3O2. The smallest absolute Gasteiger partial charge is 0.282 e. The van der Waals surface area contributed by atoms with E-state index in [-0.39, 0.29) is 11.8 Å². The monoisotopic (exact) mass is 457 g/mol. The Kier molecular flexibility index (Phi) is 6.11. The number of aryl methyl sites for hydroxylation is 2. The van der Waals surface area contributed by atoms with Crippen molar-refractivity contribution in [1.29, 1.82) is 0 Å². The highest BCUT2D eigenvalue weighted by Gasteiger charge is 2.43. The normalized spacial score (nSPS) is 17.8. The van der Waals surface area contributed by atoms with Gasteiger partial charge in [-0.05, 0) is 55.3 Å². The molecule has 0 unspecified atom stereocenters. The van der Waals surface area contributed by atoms with Gasteiger partial charge >= 0.3 is 0 Å². The summed E-state index contributed by atoms with van der Waals surface area (Å²) >= 11 is 12.3. The minimum Gasteiger partial charge on any atom is -0.364 e. The number of amides is 2. The Labute approximate surface area is 192 Å². The highest BCUT2D eigenvalue weighted by molar-refractivity contribution is 6.46. The van der Waals surface area contributed by atoms with Crippen LogP contribution < -0.4 is 4.90 Å². The van der Waals surface area contributed by atoms with Gasteiger partial charge in [0.1, 0.15) is 5.70 Å². The second-order valence-corrected chi connectivity index (χ2v) is 8.89. The van der Waals surface area contributed by atoms with Crippen LogP contribution in [-0.2, 0) is 9.59 Å². The van der Waals surface area contributed by atoms with Crippen molar-refractivity contribution >= 4 is 46.3 Å². The van der Waals surface area contributed by atoms with E-state index in [1.54, 1.807) is 18.2 Å². The quantitative estimate of drug-likeness (QED) is 0.632. The van der Waals surface area contributed by atoms with Crippen LogP contribution in [0.15, 0.2) is 42.1 Å². The molecule has 1 fully saturated rings. The number of nitrogens with zero attached hydrogens (tertiary/aromatic N) is 3. The zero-order valence-electron chi connectivity index (χ0n) is 17.9. The van der Waals surface area contributed by atoms with Crippen molar-refractivity contribution in [2.24, 2.45) is 0 Å². The fourth-order valence-electron chi connectivity index (χ4n) is 4.16. The first-order valence-corrected chi connectivity index (χ1v) is 11.2. The number of halogens is 2. The Bertz CT molecular complexity index is 1070. The molecule has 2 aliphatic heterocycles. The number of carbonyl (C=O) groups is 2. The third-order valence-electron chi connectivity index (χ3n) is 6.10. The Morgan fingerprint density at radius 1 is 0.839 bits per heavy atom. The van der Waals surface area contributed by atoms with Gasteiger partial charge in [-0.3, -0.25) is 9.59 Å². The standard InChI is InChI=1S/C24H25Cl2N3O2/c1-4-27-7-9-28(10-8-27)22-21(17-6-5-15(2)16(3)11-17)23(30)29(24(22)31)20-13-18(25)12-19(26)14-20/h5-6,11-14H,4,7-10H2,1-3H3. The van der Waals surface area contributed by atoms with Crippen molar-refractivity contribution in [3.8, 4) is 0 Å². The highest BCUT2D eigenvalue weighted by Crippen LogP contribution is 2.37. The van der Waals surface area contributed by atoms with Crippen LogP contribution >= 0.6 is 23.2 Å². The number of imide groups is 1. The Morgan fingerprint density at radius 3 is 2.06 bits per heavy atom. The SMILES string of the molecule is CCN1CCN(C2=C(c3ccc(C)c(C)c3)C(=O)N(c3cc(Cl)cc(Cl)c3)C2=O)CC1. The van der Waals surface area contributed by atoms with E-state index in [2.05, 4.69) is 11.8 Å². The topological polar surface area (TPSA) is 43.9 Å². The van der Waals surface area contributed by atoms with Gasteiger partial charge in [0.15, 0.2) is 0 Å². The van der Waals surface area contributed by atoms with Gasteiger partial charge in [-0.25, -0.2) is 4.90 Å². The van der Waals surface area contributed by atoms with E-state index in [4.69, 9.17) is 23.2 Å². The van der Waals surface area contributed by atoms with Gasteiger partial charge in [0.05, 0.1) is 11.3 Å². The van der Waals surface area contributed by atoms with Crippen molar-refractivity contribution in [3.63, 3.8) is 0 Å². The van der Waals surface area contributed by atoms with Crippen LogP contribution in [0.3, 0.4) is 0 Å². The molecule has 0 saturated carbocycles.